The highest BCUT2D eigenvalue weighted by Gasteiger charge is 2.16. The number of aromatic nitrogens is 1. The van der Waals surface area contributed by atoms with Crippen LogP contribution in [-0.4, -0.2) is 35.0 Å². The summed E-state index contributed by atoms with van der Waals surface area (Å²) in [6.07, 6.45) is 5.26. The SMILES string of the molecule is CCCNc1ccc(C(=O)NCC2CCCS2)nc1. The maximum Gasteiger partial charge on any atom is 0.269 e. The van der Waals surface area contributed by atoms with E-state index in [4.69, 9.17) is 0 Å². The highest BCUT2D eigenvalue weighted by Crippen LogP contribution is 2.25. The number of hydrogen-bond acceptors (Lipinski definition) is 4. The second-order valence-electron chi connectivity index (χ2n) is 4.70. The van der Waals surface area contributed by atoms with E-state index in [1.54, 1.807) is 12.3 Å². The summed E-state index contributed by atoms with van der Waals surface area (Å²) in [4.78, 5) is 16.1. The largest absolute Gasteiger partial charge is 0.384 e. The van der Waals surface area contributed by atoms with Gasteiger partial charge < -0.3 is 10.6 Å². The fourth-order valence-electron chi connectivity index (χ4n) is 2.00. The monoisotopic (exact) mass is 279 g/mol. The molecule has 0 bridgehead atoms. The van der Waals surface area contributed by atoms with Crippen molar-refractivity contribution in [3.05, 3.63) is 24.0 Å². The molecule has 0 aromatic carbocycles. The fourth-order valence-corrected chi connectivity index (χ4v) is 3.21. The van der Waals surface area contributed by atoms with Crippen LogP contribution in [-0.2, 0) is 0 Å². The van der Waals surface area contributed by atoms with Crippen molar-refractivity contribution in [2.45, 2.75) is 31.4 Å². The number of nitrogens with one attached hydrogen (secondary N) is 2. The highest BCUT2D eigenvalue weighted by molar-refractivity contribution is 8.00. The van der Waals surface area contributed by atoms with Crippen LogP contribution in [0.5, 0.6) is 0 Å². The molecule has 5 heteroatoms. The van der Waals surface area contributed by atoms with Gasteiger partial charge in [-0.15, -0.1) is 0 Å². The first-order valence-corrected chi connectivity index (χ1v) is 7.94. The average molecular weight is 279 g/mol. The Morgan fingerprint density at radius 2 is 2.42 bits per heavy atom. The molecule has 1 aliphatic rings. The maximum absolute atomic E-state index is 11.9. The van der Waals surface area contributed by atoms with Crippen LogP contribution in [0.1, 0.15) is 36.7 Å². The molecule has 0 aliphatic carbocycles. The van der Waals surface area contributed by atoms with Crippen LogP contribution in [0.4, 0.5) is 5.69 Å². The number of carbonyl (C=O) groups excluding carboxylic acids is 1. The fraction of sp³-hybridized carbons (Fsp3) is 0.571. The predicted molar refractivity (Wildman–Crippen MR) is 80.8 cm³/mol. The van der Waals surface area contributed by atoms with Crippen LogP contribution in [0.2, 0.25) is 0 Å². The molecular weight excluding hydrogens is 258 g/mol. The first-order valence-electron chi connectivity index (χ1n) is 6.89. The lowest BCUT2D eigenvalue weighted by Crippen LogP contribution is -2.30. The molecule has 1 aromatic rings. The van der Waals surface area contributed by atoms with E-state index in [0.717, 1.165) is 25.2 Å². The molecule has 1 amide bonds. The van der Waals surface area contributed by atoms with E-state index in [2.05, 4.69) is 22.5 Å². The lowest BCUT2D eigenvalue weighted by molar-refractivity contribution is 0.0949. The minimum absolute atomic E-state index is 0.0745. The summed E-state index contributed by atoms with van der Waals surface area (Å²) in [5, 5.41) is 6.78. The van der Waals surface area contributed by atoms with Gasteiger partial charge in [0.05, 0.1) is 11.9 Å². The van der Waals surface area contributed by atoms with Crippen molar-refractivity contribution in [3.8, 4) is 0 Å². The lowest BCUT2D eigenvalue weighted by atomic mass is 10.2. The first kappa shape index (κ1) is 14.2. The van der Waals surface area contributed by atoms with Gasteiger partial charge in [-0.25, -0.2) is 4.98 Å². The Labute approximate surface area is 118 Å². The smallest absolute Gasteiger partial charge is 0.269 e. The molecule has 1 atom stereocenters. The number of rotatable bonds is 6. The predicted octanol–water partition coefficient (Wildman–Crippen LogP) is 2.53. The molecule has 19 heavy (non-hydrogen) atoms. The summed E-state index contributed by atoms with van der Waals surface area (Å²) in [6.45, 7) is 3.79. The molecule has 104 valence electrons. The Kier molecular flexibility index (Phi) is 5.51. The Balaban J connectivity index is 1.81. The second-order valence-corrected chi connectivity index (χ2v) is 6.11. The Bertz CT molecular complexity index is 402. The molecule has 1 saturated heterocycles. The van der Waals surface area contributed by atoms with E-state index in [1.807, 2.05) is 17.8 Å². The molecule has 2 heterocycles. The van der Waals surface area contributed by atoms with E-state index >= 15 is 0 Å². The summed E-state index contributed by atoms with van der Waals surface area (Å²) < 4.78 is 0. The number of hydrogen-bond donors (Lipinski definition) is 2. The number of thioether (sulfide) groups is 1. The van der Waals surface area contributed by atoms with Gasteiger partial charge in [0.2, 0.25) is 0 Å². The summed E-state index contributed by atoms with van der Waals surface area (Å²) >= 11 is 1.95. The van der Waals surface area contributed by atoms with E-state index in [0.29, 0.717) is 10.9 Å². The molecule has 0 spiro atoms. The molecule has 1 fully saturated rings. The van der Waals surface area contributed by atoms with Crippen LogP contribution in [0.25, 0.3) is 0 Å². The van der Waals surface area contributed by atoms with Gasteiger partial charge in [0.15, 0.2) is 0 Å². The standard InChI is InChI=1S/C14H21N3OS/c1-2-7-15-11-5-6-13(16-9-11)14(18)17-10-12-4-3-8-19-12/h5-6,9,12,15H,2-4,7-8,10H2,1H3,(H,17,18). The van der Waals surface area contributed by atoms with Crippen molar-refractivity contribution >= 4 is 23.4 Å². The van der Waals surface area contributed by atoms with Gasteiger partial charge in [-0.2, -0.15) is 11.8 Å². The molecular formula is C14H21N3OS. The molecule has 4 nitrogen and oxygen atoms in total. The summed E-state index contributed by atoms with van der Waals surface area (Å²) in [6, 6.07) is 3.68. The average Bonchev–Trinajstić information content (AvgIpc) is 2.96. The highest BCUT2D eigenvalue weighted by atomic mass is 32.2. The Hall–Kier alpha value is -1.23. The summed E-state index contributed by atoms with van der Waals surface area (Å²) in [5.41, 5.74) is 1.45. The van der Waals surface area contributed by atoms with Crippen LogP contribution < -0.4 is 10.6 Å². The summed E-state index contributed by atoms with van der Waals surface area (Å²) in [7, 11) is 0. The topological polar surface area (TPSA) is 54.0 Å². The maximum atomic E-state index is 11.9. The molecule has 1 aromatic heterocycles. The molecule has 1 unspecified atom stereocenters. The molecule has 1 aliphatic heterocycles. The minimum atomic E-state index is -0.0745. The summed E-state index contributed by atoms with van der Waals surface area (Å²) in [5.74, 6) is 1.14. The third-order valence-corrected chi connectivity index (χ3v) is 4.49. The van der Waals surface area contributed by atoms with Crippen molar-refractivity contribution in [1.29, 1.82) is 0 Å². The molecule has 0 saturated carbocycles. The molecule has 0 radical (unpaired) electrons. The van der Waals surface area contributed by atoms with Crippen molar-refractivity contribution in [3.63, 3.8) is 0 Å². The number of nitrogens with zero attached hydrogens (tertiary/aromatic N) is 1. The second kappa shape index (κ2) is 7.38. The van der Waals surface area contributed by atoms with Crippen LogP contribution >= 0.6 is 11.8 Å². The van der Waals surface area contributed by atoms with Crippen molar-refractivity contribution in [2.75, 3.05) is 24.2 Å². The van der Waals surface area contributed by atoms with Gasteiger partial charge in [0.1, 0.15) is 5.69 Å². The van der Waals surface area contributed by atoms with Gasteiger partial charge in [0.25, 0.3) is 5.91 Å². The van der Waals surface area contributed by atoms with Gasteiger partial charge in [-0.3, -0.25) is 4.79 Å². The third-order valence-electron chi connectivity index (χ3n) is 3.09. The zero-order valence-corrected chi connectivity index (χ0v) is 12.1. The third kappa shape index (κ3) is 4.42. The van der Waals surface area contributed by atoms with Crippen LogP contribution in [0.3, 0.4) is 0 Å². The molecule has 2 N–H and O–H groups in total. The number of pyridine rings is 1. The normalized spacial score (nSPS) is 18.3. The van der Waals surface area contributed by atoms with E-state index in [1.165, 1.54) is 18.6 Å². The first-order chi connectivity index (χ1) is 9.29. The van der Waals surface area contributed by atoms with Crippen LogP contribution in [0, 0.1) is 0 Å². The van der Waals surface area contributed by atoms with Gasteiger partial charge in [0, 0.05) is 18.3 Å². The Morgan fingerprint density at radius 1 is 1.53 bits per heavy atom. The van der Waals surface area contributed by atoms with E-state index < -0.39 is 0 Å². The zero-order chi connectivity index (χ0) is 13.5. The van der Waals surface area contributed by atoms with E-state index in [9.17, 15) is 4.79 Å². The van der Waals surface area contributed by atoms with E-state index in [-0.39, 0.29) is 5.91 Å². The van der Waals surface area contributed by atoms with Crippen molar-refractivity contribution in [1.82, 2.24) is 10.3 Å². The van der Waals surface area contributed by atoms with Gasteiger partial charge >= 0.3 is 0 Å². The van der Waals surface area contributed by atoms with Crippen molar-refractivity contribution < 1.29 is 4.79 Å². The number of amides is 1. The van der Waals surface area contributed by atoms with Gasteiger partial charge in [-0.05, 0) is 37.1 Å². The van der Waals surface area contributed by atoms with Crippen LogP contribution in [0.15, 0.2) is 18.3 Å². The van der Waals surface area contributed by atoms with Crippen molar-refractivity contribution in [2.24, 2.45) is 0 Å². The quantitative estimate of drug-likeness (QED) is 0.840. The van der Waals surface area contributed by atoms with Gasteiger partial charge in [-0.1, -0.05) is 6.92 Å². The lowest BCUT2D eigenvalue weighted by Gasteiger charge is -2.10. The molecule has 2 rings (SSSR count). The number of anilines is 1. The zero-order valence-electron chi connectivity index (χ0n) is 11.3. The Morgan fingerprint density at radius 3 is 3.05 bits per heavy atom. The minimum Gasteiger partial charge on any atom is -0.384 e. The number of carbonyl (C=O) groups is 1.